The van der Waals surface area contributed by atoms with Crippen molar-refractivity contribution in [1.29, 1.82) is 0 Å². The Bertz CT molecular complexity index is 352. The Kier molecular flexibility index (Phi) is 5.29. The number of benzene rings is 1. The highest BCUT2D eigenvalue weighted by Crippen LogP contribution is 2.29. The van der Waals surface area contributed by atoms with Gasteiger partial charge in [-0.3, -0.25) is 0 Å². The van der Waals surface area contributed by atoms with E-state index in [1.165, 1.54) is 5.56 Å². The van der Waals surface area contributed by atoms with Crippen LogP contribution in [0.1, 0.15) is 38.8 Å². The number of nitrogens with one attached hydrogen (secondary N) is 1. The summed E-state index contributed by atoms with van der Waals surface area (Å²) in [6.45, 7) is 6.53. The van der Waals surface area contributed by atoms with Gasteiger partial charge in [0.1, 0.15) is 0 Å². The first-order chi connectivity index (χ1) is 8.12. The van der Waals surface area contributed by atoms with Crippen LogP contribution in [0.3, 0.4) is 0 Å². The van der Waals surface area contributed by atoms with Crippen LogP contribution in [0.5, 0.6) is 11.5 Å². The maximum absolute atomic E-state index is 5.31. The maximum Gasteiger partial charge on any atom is 0.161 e. The van der Waals surface area contributed by atoms with E-state index in [-0.39, 0.29) is 0 Å². The van der Waals surface area contributed by atoms with E-state index in [4.69, 9.17) is 9.47 Å². The molecule has 0 amide bonds. The zero-order valence-electron chi connectivity index (χ0n) is 11.4. The molecule has 0 aliphatic rings. The maximum atomic E-state index is 5.31. The summed E-state index contributed by atoms with van der Waals surface area (Å²) in [6.07, 6.45) is 1.12. The fourth-order valence-electron chi connectivity index (χ4n) is 1.76. The van der Waals surface area contributed by atoms with Gasteiger partial charge in [-0.25, -0.2) is 0 Å². The van der Waals surface area contributed by atoms with Gasteiger partial charge in [0.15, 0.2) is 11.5 Å². The van der Waals surface area contributed by atoms with E-state index in [0.29, 0.717) is 12.1 Å². The van der Waals surface area contributed by atoms with Gasteiger partial charge >= 0.3 is 0 Å². The van der Waals surface area contributed by atoms with Crippen molar-refractivity contribution in [2.24, 2.45) is 0 Å². The smallest absolute Gasteiger partial charge is 0.161 e. The Morgan fingerprint density at radius 1 is 1.12 bits per heavy atom. The molecule has 0 aliphatic heterocycles. The highest BCUT2D eigenvalue weighted by molar-refractivity contribution is 5.43. The molecule has 3 nitrogen and oxygen atoms in total. The lowest BCUT2D eigenvalue weighted by atomic mass is 10.1. The first-order valence-electron chi connectivity index (χ1n) is 6.10. The molecule has 2 atom stereocenters. The molecule has 0 heterocycles. The molecule has 0 spiro atoms. The Hall–Kier alpha value is -1.22. The molecule has 3 heteroatoms. The second-order valence-electron chi connectivity index (χ2n) is 4.31. The molecule has 0 radical (unpaired) electrons. The van der Waals surface area contributed by atoms with Crippen molar-refractivity contribution in [3.63, 3.8) is 0 Å². The van der Waals surface area contributed by atoms with Crippen LogP contribution in [-0.2, 0) is 0 Å². The Morgan fingerprint density at radius 3 is 2.29 bits per heavy atom. The van der Waals surface area contributed by atoms with Crippen LogP contribution in [0.4, 0.5) is 0 Å². The molecule has 0 aliphatic carbocycles. The molecule has 17 heavy (non-hydrogen) atoms. The number of hydrogen-bond acceptors (Lipinski definition) is 3. The average Bonchev–Trinajstić information content (AvgIpc) is 2.37. The summed E-state index contributed by atoms with van der Waals surface area (Å²) in [5, 5.41) is 3.54. The van der Waals surface area contributed by atoms with Crippen LogP contribution in [0, 0.1) is 0 Å². The minimum Gasteiger partial charge on any atom is -0.493 e. The van der Waals surface area contributed by atoms with Gasteiger partial charge in [-0.2, -0.15) is 0 Å². The molecule has 1 aromatic rings. The summed E-state index contributed by atoms with van der Waals surface area (Å²) >= 11 is 0. The van der Waals surface area contributed by atoms with Gasteiger partial charge in [0.2, 0.25) is 0 Å². The van der Waals surface area contributed by atoms with Crippen molar-refractivity contribution < 1.29 is 9.47 Å². The van der Waals surface area contributed by atoms with E-state index in [0.717, 1.165) is 17.9 Å². The van der Waals surface area contributed by atoms with Crippen LogP contribution in [0.25, 0.3) is 0 Å². The Balaban J connectivity index is 2.84. The van der Waals surface area contributed by atoms with Crippen molar-refractivity contribution in [3.8, 4) is 11.5 Å². The topological polar surface area (TPSA) is 30.5 Å². The van der Waals surface area contributed by atoms with Crippen molar-refractivity contribution in [3.05, 3.63) is 23.8 Å². The Labute approximate surface area is 104 Å². The largest absolute Gasteiger partial charge is 0.493 e. The summed E-state index contributed by atoms with van der Waals surface area (Å²) in [5.74, 6) is 1.55. The third kappa shape index (κ3) is 3.63. The fourth-order valence-corrected chi connectivity index (χ4v) is 1.76. The van der Waals surface area contributed by atoms with Gasteiger partial charge in [0.25, 0.3) is 0 Å². The molecule has 2 unspecified atom stereocenters. The molecule has 0 bridgehead atoms. The summed E-state index contributed by atoms with van der Waals surface area (Å²) < 4.78 is 10.5. The number of rotatable bonds is 6. The third-order valence-electron chi connectivity index (χ3n) is 3.05. The molecule has 1 rings (SSSR count). The predicted octanol–water partition coefficient (Wildman–Crippen LogP) is 3.15. The highest BCUT2D eigenvalue weighted by Gasteiger charge is 2.11. The van der Waals surface area contributed by atoms with E-state index in [9.17, 15) is 0 Å². The average molecular weight is 237 g/mol. The second-order valence-corrected chi connectivity index (χ2v) is 4.31. The highest BCUT2D eigenvalue weighted by atomic mass is 16.5. The van der Waals surface area contributed by atoms with Crippen molar-refractivity contribution in [2.45, 2.75) is 39.3 Å². The van der Waals surface area contributed by atoms with E-state index in [1.54, 1.807) is 14.2 Å². The van der Waals surface area contributed by atoms with Crippen LogP contribution in [0.2, 0.25) is 0 Å². The second kappa shape index (κ2) is 6.50. The first-order valence-corrected chi connectivity index (χ1v) is 6.10. The summed E-state index contributed by atoms with van der Waals surface area (Å²) in [5.41, 5.74) is 1.21. The summed E-state index contributed by atoms with van der Waals surface area (Å²) in [6, 6.07) is 6.87. The van der Waals surface area contributed by atoms with Gasteiger partial charge < -0.3 is 14.8 Å². The lowest BCUT2D eigenvalue weighted by Crippen LogP contribution is -2.28. The lowest BCUT2D eigenvalue weighted by Gasteiger charge is -2.20. The molecule has 0 saturated heterocycles. The molecular formula is C14H23NO2. The predicted molar refractivity (Wildman–Crippen MR) is 70.8 cm³/mol. The monoisotopic (exact) mass is 237 g/mol. The SMILES string of the molecule is CCC(C)NC(C)c1ccc(OC)c(OC)c1. The van der Waals surface area contributed by atoms with E-state index < -0.39 is 0 Å². The zero-order chi connectivity index (χ0) is 12.8. The van der Waals surface area contributed by atoms with E-state index in [1.807, 2.05) is 12.1 Å². The zero-order valence-corrected chi connectivity index (χ0v) is 11.4. The van der Waals surface area contributed by atoms with Crippen LogP contribution in [0.15, 0.2) is 18.2 Å². The first kappa shape index (κ1) is 13.8. The minimum absolute atomic E-state index is 0.310. The van der Waals surface area contributed by atoms with Crippen molar-refractivity contribution in [2.75, 3.05) is 14.2 Å². The number of methoxy groups -OCH3 is 2. The molecular weight excluding hydrogens is 214 g/mol. The van der Waals surface area contributed by atoms with Crippen LogP contribution < -0.4 is 14.8 Å². The number of ether oxygens (including phenoxy) is 2. The van der Waals surface area contributed by atoms with Gasteiger partial charge in [-0.05, 0) is 38.0 Å². The molecule has 1 N–H and O–H groups in total. The van der Waals surface area contributed by atoms with Gasteiger partial charge in [0, 0.05) is 12.1 Å². The van der Waals surface area contributed by atoms with Crippen LogP contribution >= 0.6 is 0 Å². The van der Waals surface area contributed by atoms with Crippen LogP contribution in [-0.4, -0.2) is 20.3 Å². The van der Waals surface area contributed by atoms with Gasteiger partial charge in [-0.1, -0.05) is 13.0 Å². The normalized spacial score (nSPS) is 14.2. The molecule has 0 fully saturated rings. The lowest BCUT2D eigenvalue weighted by molar-refractivity contribution is 0.353. The van der Waals surface area contributed by atoms with E-state index >= 15 is 0 Å². The third-order valence-corrected chi connectivity index (χ3v) is 3.05. The standard InChI is InChI=1S/C14H23NO2/c1-6-10(2)15-11(3)12-7-8-13(16-4)14(9-12)17-5/h7-11,15H,6H2,1-5H3. The van der Waals surface area contributed by atoms with Gasteiger partial charge in [-0.15, -0.1) is 0 Å². The van der Waals surface area contributed by atoms with Gasteiger partial charge in [0.05, 0.1) is 14.2 Å². The fraction of sp³-hybridized carbons (Fsp3) is 0.571. The van der Waals surface area contributed by atoms with Crippen molar-refractivity contribution >= 4 is 0 Å². The summed E-state index contributed by atoms with van der Waals surface area (Å²) in [7, 11) is 3.31. The van der Waals surface area contributed by atoms with E-state index in [2.05, 4.69) is 32.2 Å². The molecule has 96 valence electrons. The quantitative estimate of drug-likeness (QED) is 0.824. The Morgan fingerprint density at radius 2 is 1.76 bits per heavy atom. The summed E-state index contributed by atoms with van der Waals surface area (Å²) in [4.78, 5) is 0. The molecule has 0 saturated carbocycles. The minimum atomic E-state index is 0.310. The van der Waals surface area contributed by atoms with Crippen molar-refractivity contribution in [1.82, 2.24) is 5.32 Å². The number of hydrogen-bond donors (Lipinski definition) is 1. The molecule has 1 aromatic carbocycles. The molecule has 0 aromatic heterocycles.